The summed E-state index contributed by atoms with van der Waals surface area (Å²) in [5.41, 5.74) is 0.174. The lowest BCUT2D eigenvalue weighted by molar-refractivity contribution is 0.0697. The first-order valence-electron chi connectivity index (χ1n) is 5.04. The number of hydrogen-bond donors (Lipinski definition) is 2. The number of aromatic carboxylic acids is 1. The molecular weight excluding hydrogens is 232 g/mol. The van der Waals surface area contributed by atoms with E-state index < -0.39 is 12.4 Å². The van der Waals surface area contributed by atoms with E-state index in [2.05, 4.69) is 5.32 Å². The molecule has 0 aliphatic rings. The maximum Gasteiger partial charge on any atom is 0.335 e. The Labute approximate surface area is 97.2 Å². The number of carboxylic acids is 1. The summed E-state index contributed by atoms with van der Waals surface area (Å²) in [5, 5.41) is 11.2. The number of rotatable bonds is 7. The Morgan fingerprint density at radius 1 is 1.35 bits per heavy atom. The standard InChI is InChI=1S/C11H13F2NO3/c12-10(13)7-14-5-6-17-9-3-1-8(2-4-9)11(15)16/h1-4,10,14H,5-7H2,(H,15,16). The Hall–Kier alpha value is -1.69. The molecule has 0 bridgehead atoms. The monoisotopic (exact) mass is 245 g/mol. The zero-order valence-corrected chi connectivity index (χ0v) is 9.03. The van der Waals surface area contributed by atoms with Gasteiger partial charge in [0.15, 0.2) is 0 Å². The molecule has 6 heteroatoms. The van der Waals surface area contributed by atoms with E-state index in [4.69, 9.17) is 9.84 Å². The summed E-state index contributed by atoms with van der Waals surface area (Å²) >= 11 is 0. The lowest BCUT2D eigenvalue weighted by Crippen LogP contribution is -2.26. The van der Waals surface area contributed by atoms with Gasteiger partial charge in [-0.15, -0.1) is 0 Å². The number of alkyl halides is 2. The second-order valence-corrected chi connectivity index (χ2v) is 3.27. The summed E-state index contributed by atoms with van der Waals surface area (Å²) in [7, 11) is 0. The predicted octanol–water partition coefficient (Wildman–Crippen LogP) is 1.62. The van der Waals surface area contributed by atoms with Crippen LogP contribution in [-0.2, 0) is 0 Å². The van der Waals surface area contributed by atoms with Gasteiger partial charge in [0.05, 0.1) is 12.1 Å². The molecule has 0 unspecified atom stereocenters. The van der Waals surface area contributed by atoms with Gasteiger partial charge in [-0.2, -0.15) is 0 Å². The van der Waals surface area contributed by atoms with Crippen LogP contribution in [-0.4, -0.2) is 37.2 Å². The van der Waals surface area contributed by atoms with E-state index in [-0.39, 0.29) is 18.7 Å². The Morgan fingerprint density at radius 3 is 2.53 bits per heavy atom. The molecule has 0 aliphatic carbocycles. The van der Waals surface area contributed by atoms with Gasteiger partial charge in [0.25, 0.3) is 6.43 Å². The van der Waals surface area contributed by atoms with Crippen molar-refractivity contribution in [2.45, 2.75) is 6.43 Å². The quantitative estimate of drug-likeness (QED) is 0.717. The van der Waals surface area contributed by atoms with E-state index in [1.165, 1.54) is 24.3 Å². The van der Waals surface area contributed by atoms with Crippen LogP contribution < -0.4 is 10.1 Å². The molecule has 94 valence electrons. The van der Waals surface area contributed by atoms with Crippen LogP contribution in [0.15, 0.2) is 24.3 Å². The zero-order valence-electron chi connectivity index (χ0n) is 9.03. The summed E-state index contributed by atoms with van der Waals surface area (Å²) in [5.74, 6) is -0.496. The molecule has 0 aromatic heterocycles. The fraction of sp³-hybridized carbons (Fsp3) is 0.364. The number of benzene rings is 1. The van der Waals surface area contributed by atoms with Gasteiger partial charge in [0, 0.05) is 6.54 Å². The Bertz CT molecular complexity index is 354. The minimum Gasteiger partial charge on any atom is -0.492 e. The maximum atomic E-state index is 11.7. The first-order chi connectivity index (χ1) is 8.09. The van der Waals surface area contributed by atoms with Gasteiger partial charge in [-0.05, 0) is 24.3 Å². The van der Waals surface area contributed by atoms with Crippen molar-refractivity contribution in [1.82, 2.24) is 5.32 Å². The zero-order chi connectivity index (χ0) is 12.7. The molecule has 0 saturated carbocycles. The van der Waals surface area contributed by atoms with Crippen molar-refractivity contribution in [2.24, 2.45) is 0 Å². The highest BCUT2D eigenvalue weighted by Crippen LogP contribution is 2.11. The maximum absolute atomic E-state index is 11.7. The van der Waals surface area contributed by atoms with E-state index in [1.807, 2.05) is 0 Å². The van der Waals surface area contributed by atoms with Crippen LogP contribution in [0, 0.1) is 0 Å². The van der Waals surface area contributed by atoms with Gasteiger partial charge >= 0.3 is 5.97 Å². The average molecular weight is 245 g/mol. The van der Waals surface area contributed by atoms with Crippen LogP contribution in [0.2, 0.25) is 0 Å². The van der Waals surface area contributed by atoms with Crippen LogP contribution in [0.4, 0.5) is 8.78 Å². The fourth-order valence-electron chi connectivity index (χ4n) is 1.15. The first-order valence-corrected chi connectivity index (χ1v) is 5.04. The molecule has 0 spiro atoms. The normalized spacial score (nSPS) is 10.5. The molecule has 0 radical (unpaired) electrons. The van der Waals surface area contributed by atoms with Gasteiger partial charge in [-0.3, -0.25) is 0 Å². The van der Waals surface area contributed by atoms with E-state index >= 15 is 0 Å². The number of ether oxygens (including phenoxy) is 1. The number of halogens is 2. The van der Waals surface area contributed by atoms with Crippen molar-refractivity contribution in [2.75, 3.05) is 19.7 Å². The molecule has 1 aromatic rings. The van der Waals surface area contributed by atoms with Crippen molar-refractivity contribution < 1.29 is 23.4 Å². The Balaban J connectivity index is 2.25. The van der Waals surface area contributed by atoms with Crippen LogP contribution in [0.3, 0.4) is 0 Å². The molecule has 4 nitrogen and oxygen atoms in total. The lowest BCUT2D eigenvalue weighted by Gasteiger charge is -2.07. The molecule has 1 rings (SSSR count). The van der Waals surface area contributed by atoms with Crippen molar-refractivity contribution in [3.8, 4) is 5.75 Å². The van der Waals surface area contributed by atoms with Gasteiger partial charge in [-0.1, -0.05) is 0 Å². The average Bonchev–Trinajstić information content (AvgIpc) is 2.29. The fourth-order valence-corrected chi connectivity index (χ4v) is 1.15. The molecule has 0 saturated heterocycles. The molecule has 17 heavy (non-hydrogen) atoms. The topological polar surface area (TPSA) is 58.6 Å². The van der Waals surface area contributed by atoms with E-state index in [0.717, 1.165) is 0 Å². The lowest BCUT2D eigenvalue weighted by atomic mass is 10.2. The highest BCUT2D eigenvalue weighted by Gasteiger charge is 2.02. The summed E-state index contributed by atoms with van der Waals surface area (Å²) in [6, 6.07) is 5.89. The summed E-state index contributed by atoms with van der Waals surface area (Å²) in [6.07, 6.45) is -2.37. The van der Waals surface area contributed by atoms with Gasteiger partial charge < -0.3 is 15.2 Å². The largest absolute Gasteiger partial charge is 0.492 e. The minimum atomic E-state index is -2.37. The molecule has 0 heterocycles. The second-order valence-electron chi connectivity index (χ2n) is 3.27. The smallest absolute Gasteiger partial charge is 0.335 e. The third kappa shape index (κ3) is 5.26. The third-order valence-corrected chi connectivity index (χ3v) is 1.95. The van der Waals surface area contributed by atoms with Crippen molar-refractivity contribution in [3.63, 3.8) is 0 Å². The number of hydrogen-bond acceptors (Lipinski definition) is 3. The molecule has 0 atom stereocenters. The van der Waals surface area contributed by atoms with Gasteiger partial charge in [0.1, 0.15) is 12.4 Å². The highest BCUT2D eigenvalue weighted by molar-refractivity contribution is 5.87. The number of carboxylic acid groups (broad SMARTS) is 1. The van der Waals surface area contributed by atoms with Crippen molar-refractivity contribution >= 4 is 5.97 Å². The van der Waals surface area contributed by atoms with Crippen molar-refractivity contribution in [3.05, 3.63) is 29.8 Å². The molecule has 0 fully saturated rings. The molecular formula is C11H13F2NO3. The van der Waals surface area contributed by atoms with Crippen LogP contribution in [0.5, 0.6) is 5.75 Å². The third-order valence-electron chi connectivity index (χ3n) is 1.95. The molecule has 0 aliphatic heterocycles. The number of nitrogens with one attached hydrogen (secondary N) is 1. The molecule has 2 N–H and O–H groups in total. The van der Waals surface area contributed by atoms with E-state index in [9.17, 15) is 13.6 Å². The van der Waals surface area contributed by atoms with Crippen molar-refractivity contribution in [1.29, 1.82) is 0 Å². The van der Waals surface area contributed by atoms with E-state index in [0.29, 0.717) is 12.3 Å². The highest BCUT2D eigenvalue weighted by atomic mass is 19.3. The molecule has 0 amide bonds. The van der Waals surface area contributed by atoms with Crippen LogP contribution in [0.1, 0.15) is 10.4 Å². The van der Waals surface area contributed by atoms with E-state index in [1.54, 1.807) is 0 Å². The number of carbonyl (C=O) groups is 1. The predicted molar refractivity (Wildman–Crippen MR) is 57.8 cm³/mol. The summed E-state index contributed by atoms with van der Waals surface area (Å²) in [6.45, 7) is 0.200. The van der Waals surface area contributed by atoms with Gasteiger partial charge in [-0.25, -0.2) is 13.6 Å². The van der Waals surface area contributed by atoms with Gasteiger partial charge in [0.2, 0.25) is 0 Å². The SMILES string of the molecule is O=C(O)c1ccc(OCCNCC(F)F)cc1. The second kappa shape index (κ2) is 6.80. The minimum absolute atomic E-state index is 0.174. The summed E-state index contributed by atoms with van der Waals surface area (Å²) < 4.78 is 28.7. The Kier molecular flexibility index (Phi) is 5.35. The Morgan fingerprint density at radius 2 is 2.00 bits per heavy atom. The first kappa shape index (κ1) is 13.4. The molecule has 1 aromatic carbocycles. The van der Waals surface area contributed by atoms with Crippen LogP contribution in [0.25, 0.3) is 0 Å². The summed E-state index contributed by atoms with van der Waals surface area (Å²) in [4.78, 5) is 10.6. The van der Waals surface area contributed by atoms with Crippen LogP contribution >= 0.6 is 0 Å².